The molecule has 2 unspecified atom stereocenters. The fourth-order valence-electron chi connectivity index (χ4n) is 2.06. The van der Waals surface area contributed by atoms with Gasteiger partial charge in [-0.05, 0) is 36.2 Å². The lowest BCUT2D eigenvalue weighted by molar-refractivity contribution is 0.237. The lowest BCUT2D eigenvalue weighted by Gasteiger charge is -2.26. The first-order valence-electron chi connectivity index (χ1n) is 6.40. The Balaban J connectivity index is 2.42. The van der Waals surface area contributed by atoms with Crippen molar-refractivity contribution in [2.45, 2.75) is 57.8 Å². The van der Waals surface area contributed by atoms with Crippen molar-refractivity contribution < 1.29 is 13.5 Å². The standard InChI is InChI=1S/C12H24O3PSi/c1-5-6-9-17(3,4)15-12-8-7-11(10-12)14-16(2)13/h10,12H,5-9H2,1-4H3/q+1. The van der Waals surface area contributed by atoms with Crippen LogP contribution in [-0.4, -0.2) is 21.1 Å². The van der Waals surface area contributed by atoms with E-state index in [0.717, 1.165) is 18.6 Å². The summed E-state index contributed by atoms with van der Waals surface area (Å²) >= 11 is 0. The van der Waals surface area contributed by atoms with Gasteiger partial charge in [0, 0.05) is 6.42 Å². The van der Waals surface area contributed by atoms with Crippen molar-refractivity contribution in [1.82, 2.24) is 0 Å². The molecule has 2 atom stereocenters. The van der Waals surface area contributed by atoms with Crippen molar-refractivity contribution in [3.8, 4) is 0 Å². The SMILES string of the molecule is CCCC[Si](C)(C)OC1C=C(O[P+](C)=O)CC1. The lowest BCUT2D eigenvalue weighted by Crippen LogP contribution is -2.33. The molecule has 0 saturated heterocycles. The van der Waals surface area contributed by atoms with E-state index in [2.05, 4.69) is 20.0 Å². The van der Waals surface area contributed by atoms with Crippen molar-refractivity contribution >= 4 is 16.3 Å². The quantitative estimate of drug-likeness (QED) is 0.509. The molecule has 0 amide bonds. The predicted octanol–water partition coefficient (Wildman–Crippen LogP) is 4.44. The van der Waals surface area contributed by atoms with Crippen LogP contribution in [0.1, 0.15) is 32.6 Å². The Morgan fingerprint density at radius 2 is 2.24 bits per heavy atom. The first-order valence-corrected chi connectivity index (χ1v) is 11.1. The highest BCUT2D eigenvalue weighted by atomic mass is 31.1. The zero-order chi connectivity index (χ0) is 12.9. The van der Waals surface area contributed by atoms with Gasteiger partial charge < -0.3 is 4.43 Å². The lowest BCUT2D eigenvalue weighted by atomic mass is 10.3. The van der Waals surface area contributed by atoms with Gasteiger partial charge in [-0.15, -0.1) is 0 Å². The molecule has 1 aliphatic rings. The van der Waals surface area contributed by atoms with Crippen LogP contribution in [0, 0.1) is 0 Å². The van der Waals surface area contributed by atoms with Gasteiger partial charge in [0.25, 0.3) is 0 Å². The molecule has 98 valence electrons. The smallest absolute Gasteiger partial charge is 0.411 e. The maximum Gasteiger partial charge on any atom is 0.552 e. The van der Waals surface area contributed by atoms with E-state index in [0.29, 0.717) is 0 Å². The third kappa shape index (κ3) is 5.80. The summed E-state index contributed by atoms with van der Waals surface area (Å²) < 4.78 is 22.4. The zero-order valence-electron chi connectivity index (χ0n) is 11.4. The van der Waals surface area contributed by atoms with Gasteiger partial charge in [0.05, 0.1) is 6.10 Å². The molecule has 5 heteroatoms. The molecular formula is C12H24O3PSi+. The molecule has 0 spiro atoms. The van der Waals surface area contributed by atoms with Crippen molar-refractivity contribution in [2.75, 3.05) is 6.66 Å². The minimum atomic E-state index is -1.54. The minimum absolute atomic E-state index is 0.179. The van der Waals surface area contributed by atoms with Gasteiger partial charge in [-0.25, -0.2) is 0 Å². The third-order valence-corrected chi connectivity index (χ3v) is 5.89. The molecular weight excluding hydrogens is 251 g/mol. The first-order chi connectivity index (χ1) is 7.93. The number of unbranched alkanes of at least 4 members (excludes halogenated alkanes) is 1. The van der Waals surface area contributed by atoms with Crippen LogP contribution in [-0.2, 0) is 13.5 Å². The van der Waals surface area contributed by atoms with Crippen LogP contribution >= 0.6 is 8.03 Å². The van der Waals surface area contributed by atoms with Crippen LogP contribution in [0.4, 0.5) is 0 Å². The molecule has 0 fully saturated rings. The molecule has 1 aliphatic carbocycles. The van der Waals surface area contributed by atoms with Gasteiger partial charge >= 0.3 is 8.03 Å². The summed E-state index contributed by atoms with van der Waals surface area (Å²) in [6, 6.07) is 1.21. The molecule has 0 N–H and O–H groups in total. The molecule has 0 aromatic rings. The summed E-state index contributed by atoms with van der Waals surface area (Å²) in [6.07, 6.45) is 6.50. The second kappa shape index (κ2) is 6.67. The van der Waals surface area contributed by atoms with Crippen molar-refractivity contribution in [3.63, 3.8) is 0 Å². The largest absolute Gasteiger partial charge is 0.552 e. The van der Waals surface area contributed by atoms with Crippen LogP contribution in [0.3, 0.4) is 0 Å². The van der Waals surface area contributed by atoms with E-state index in [9.17, 15) is 4.57 Å². The second-order valence-electron chi connectivity index (χ2n) is 5.22. The highest BCUT2D eigenvalue weighted by molar-refractivity contribution is 7.38. The topological polar surface area (TPSA) is 35.5 Å². The average molecular weight is 275 g/mol. The Morgan fingerprint density at radius 1 is 1.53 bits per heavy atom. The number of hydrogen-bond donors (Lipinski definition) is 0. The summed E-state index contributed by atoms with van der Waals surface area (Å²) in [6.45, 7) is 8.35. The molecule has 0 aromatic carbocycles. The van der Waals surface area contributed by atoms with Crippen LogP contribution < -0.4 is 0 Å². The summed E-state index contributed by atoms with van der Waals surface area (Å²) in [7, 11) is -3.07. The summed E-state index contributed by atoms with van der Waals surface area (Å²) in [5.41, 5.74) is 0. The maximum absolute atomic E-state index is 11.0. The van der Waals surface area contributed by atoms with Crippen molar-refractivity contribution in [2.24, 2.45) is 0 Å². The molecule has 0 aliphatic heterocycles. The molecule has 0 bridgehead atoms. The third-order valence-electron chi connectivity index (χ3n) is 2.90. The summed E-state index contributed by atoms with van der Waals surface area (Å²) in [4.78, 5) is 0. The molecule has 0 radical (unpaired) electrons. The average Bonchev–Trinajstić information content (AvgIpc) is 2.60. The van der Waals surface area contributed by atoms with Gasteiger partial charge in [0.15, 0.2) is 20.7 Å². The van der Waals surface area contributed by atoms with Crippen LogP contribution in [0.25, 0.3) is 0 Å². The monoisotopic (exact) mass is 275 g/mol. The van der Waals surface area contributed by atoms with Gasteiger partial charge in [0.1, 0.15) is 0 Å². The number of rotatable bonds is 7. The van der Waals surface area contributed by atoms with E-state index in [1.165, 1.54) is 18.9 Å². The van der Waals surface area contributed by atoms with E-state index in [1.807, 2.05) is 6.08 Å². The predicted molar refractivity (Wildman–Crippen MR) is 74.0 cm³/mol. The highest BCUT2D eigenvalue weighted by Gasteiger charge is 2.29. The Bertz CT molecular complexity index is 302. The molecule has 3 nitrogen and oxygen atoms in total. The first kappa shape index (κ1) is 14.9. The molecule has 0 heterocycles. The van der Waals surface area contributed by atoms with Crippen LogP contribution in [0.15, 0.2) is 11.8 Å². The van der Waals surface area contributed by atoms with Crippen molar-refractivity contribution in [3.05, 3.63) is 11.8 Å². The normalized spacial score (nSPS) is 21.3. The minimum Gasteiger partial charge on any atom is -0.411 e. The molecule has 0 aromatic heterocycles. The van der Waals surface area contributed by atoms with Gasteiger partial charge in [-0.3, -0.25) is 4.52 Å². The Morgan fingerprint density at radius 3 is 2.82 bits per heavy atom. The van der Waals surface area contributed by atoms with E-state index >= 15 is 0 Å². The maximum atomic E-state index is 11.0. The fourth-order valence-corrected chi connectivity index (χ4v) is 4.87. The van der Waals surface area contributed by atoms with Crippen LogP contribution in [0.5, 0.6) is 0 Å². The Kier molecular flexibility index (Phi) is 5.84. The fraction of sp³-hybridized carbons (Fsp3) is 0.833. The number of hydrogen-bond acceptors (Lipinski definition) is 3. The van der Waals surface area contributed by atoms with E-state index in [-0.39, 0.29) is 6.10 Å². The molecule has 0 saturated carbocycles. The van der Waals surface area contributed by atoms with E-state index in [4.69, 9.17) is 8.95 Å². The van der Waals surface area contributed by atoms with Crippen LogP contribution in [0.2, 0.25) is 19.1 Å². The van der Waals surface area contributed by atoms with Gasteiger partial charge in [-0.1, -0.05) is 19.8 Å². The van der Waals surface area contributed by atoms with E-state index < -0.39 is 16.3 Å². The molecule has 17 heavy (non-hydrogen) atoms. The van der Waals surface area contributed by atoms with Gasteiger partial charge in [-0.2, -0.15) is 0 Å². The van der Waals surface area contributed by atoms with Gasteiger partial charge in [0.2, 0.25) is 0 Å². The summed E-state index contributed by atoms with van der Waals surface area (Å²) in [5, 5.41) is 0. The second-order valence-corrected chi connectivity index (χ2v) is 10.5. The summed E-state index contributed by atoms with van der Waals surface area (Å²) in [5.74, 6) is 0.846. The number of allylic oxidation sites excluding steroid dienone is 1. The zero-order valence-corrected chi connectivity index (χ0v) is 13.3. The van der Waals surface area contributed by atoms with E-state index in [1.54, 1.807) is 6.66 Å². The Labute approximate surface area is 107 Å². The van der Waals surface area contributed by atoms with Crippen molar-refractivity contribution in [1.29, 1.82) is 0 Å². The Hall–Kier alpha value is -0.183. The highest BCUT2D eigenvalue weighted by Crippen LogP contribution is 2.32. The molecule has 1 rings (SSSR count).